The molecule has 1 aromatic rings. The van der Waals surface area contributed by atoms with Crippen molar-refractivity contribution >= 4 is 9.04 Å². The average molecular weight is 515 g/mol. The van der Waals surface area contributed by atoms with Crippen LogP contribution < -0.4 is 11.2 Å². The van der Waals surface area contributed by atoms with E-state index in [1.807, 2.05) is 47.7 Å². The van der Waals surface area contributed by atoms with E-state index in [-0.39, 0.29) is 12.8 Å². The second-order valence-corrected chi connectivity index (χ2v) is 13.6. The van der Waals surface area contributed by atoms with Crippen molar-refractivity contribution in [2.75, 3.05) is 0 Å². The molecule has 9 nitrogen and oxygen atoms in total. The van der Waals surface area contributed by atoms with E-state index in [4.69, 9.17) is 9.16 Å². The van der Waals surface area contributed by atoms with Crippen LogP contribution in [-0.2, 0) is 15.1 Å². The summed E-state index contributed by atoms with van der Waals surface area (Å²) >= 11 is 0. The van der Waals surface area contributed by atoms with Gasteiger partial charge >= 0.3 is 5.69 Å². The normalized spacial score (nSPS) is 30.2. The Kier molecular flexibility index (Phi) is 9.74. The van der Waals surface area contributed by atoms with E-state index in [1.54, 1.807) is 0 Å². The van der Waals surface area contributed by atoms with E-state index in [1.165, 1.54) is 6.20 Å². The molecule has 1 aliphatic heterocycles. The summed E-state index contributed by atoms with van der Waals surface area (Å²) in [5, 5.41) is 36.4. The Morgan fingerprint density at radius 3 is 2.17 bits per heavy atom. The minimum Gasteiger partial charge on any atom is -0.390 e. The predicted octanol–water partition coefficient (Wildman–Crippen LogP) is 2.58. The first kappa shape index (κ1) is 29.9. The zero-order chi connectivity index (χ0) is 26.7. The fourth-order valence-electron chi connectivity index (χ4n) is 5.06. The van der Waals surface area contributed by atoms with Crippen LogP contribution in [0.4, 0.5) is 0 Å². The van der Waals surface area contributed by atoms with Gasteiger partial charge in [-0.15, -0.1) is 0 Å². The van der Waals surface area contributed by atoms with E-state index in [9.17, 15) is 24.9 Å². The number of aromatic nitrogens is 2. The van der Waals surface area contributed by atoms with Gasteiger partial charge < -0.3 is 24.5 Å². The molecular weight excluding hydrogens is 468 g/mol. The maximum absolute atomic E-state index is 13.1. The summed E-state index contributed by atoms with van der Waals surface area (Å²) in [6, 6.07) is 1.16. The molecule has 0 aromatic carbocycles. The summed E-state index contributed by atoms with van der Waals surface area (Å²) in [5.74, 6) is -2.11. The van der Waals surface area contributed by atoms with Crippen LogP contribution >= 0.6 is 0 Å². The van der Waals surface area contributed by atoms with Gasteiger partial charge in [0.05, 0.1) is 6.10 Å². The van der Waals surface area contributed by atoms with Crippen LogP contribution in [0.5, 0.6) is 0 Å². The number of hydrogen-bond acceptors (Lipinski definition) is 7. The number of aliphatic hydroxyl groups is 3. The molecule has 0 amide bonds. The van der Waals surface area contributed by atoms with Gasteiger partial charge in [-0.25, -0.2) is 9.36 Å². The molecule has 1 aromatic heterocycles. The minimum absolute atomic E-state index is 0.0868. The Labute approximate surface area is 210 Å². The molecule has 0 bridgehead atoms. The molecule has 2 rings (SSSR count). The lowest BCUT2D eigenvalue weighted by Gasteiger charge is -2.47. The molecule has 5 atom stereocenters. The molecule has 10 heteroatoms. The van der Waals surface area contributed by atoms with Crippen LogP contribution in [0.3, 0.4) is 0 Å². The molecule has 1 unspecified atom stereocenters. The molecule has 1 saturated heterocycles. The van der Waals surface area contributed by atoms with Crippen LogP contribution in [0, 0.1) is 5.41 Å². The van der Waals surface area contributed by atoms with Crippen molar-refractivity contribution in [3.8, 4) is 0 Å². The fraction of sp³-hybridized carbons (Fsp3) is 0.840. The molecule has 1 aliphatic rings. The Morgan fingerprint density at radius 2 is 1.69 bits per heavy atom. The van der Waals surface area contributed by atoms with Crippen molar-refractivity contribution in [3.63, 3.8) is 0 Å². The van der Waals surface area contributed by atoms with Crippen molar-refractivity contribution in [3.05, 3.63) is 33.1 Å². The first-order chi connectivity index (χ1) is 16.2. The lowest BCUT2D eigenvalue weighted by molar-refractivity contribution is -0.322. The second-order valence-electron chi connectivity index (χ2n) is 11.3. The number of H-pyrrole nitrogens is 1. The van der Waals surface area contributed by atoms with E-state index in [2.05, 4.69) is 4.98 Å². The predicted molar refractivity (Wildman–Crippen MR) is 138 cm³/mol. The van der Waals surface area contributed by atoms with Gasteiger partial charge in [-0.05, 0) is 31.4 Å². The van der Waals surface area contributed by atoms with Gasteiger partial charge in [-0.3, -0.25) is 9.78 Å². The van der Waals surface area contributed by atoms with Crippen LogP contribution in [-0.4, -0.2) is 57.3 Å². The van der Waals surface area contributed by atoms with Crippen molar-refractivity contribution in [2.45, 2.75) is 128 Å². The first-order valence-electron chi connectivity index (χ1n) is 13.0. The molecule has 2 heterocycles. The summed E-state index contributed by atoms with van der Waals surface area (Å²) in [4.78, 5) is 27.2. The molecule has 0 radical (unpaired) electrons. The molecule has 0 aliphatic carbocycles. The smallest absolute Gasteiger partial charge is 0.332 e. The first-order valence-corrected chi connectivity index (χ1v) is 15.8. The van der Waals surface area contributed by atoms with Crippen molar-refractivity contribution in [2.24, 2.45) is 5.41 Å². The third-order valence-electron chi connectivity index (χ3n) is 7.01. The average Bonchev–Trinajstić information content (AvgIpc) is 2.92. The highest BCUT2D eigenvalue weighted by molar-refractivity contribution is 6.48. The van der Waals surface area contributed by atoms with Gasteiger partial charge in [0, 0.05) is 12.3 Å². The SMILES string of the molecule is CCCCC[C@]1(O)[C@](O[SiH](C)C)(n2ccc(=O)[nH]c2=O)O[C@H](C(O)C(C)(C)C)[C@]1(O)CCCCC. The standard InChI is InChI=1S/C25H46N2O7Si/c1-8-10-12-15-23(31)20(19(29)22(3,4)5)33-25(34-35(6)7,24(23,32)16-13-11-9-2)27-17-14-18(28)26-21(27)30/h14,17,19-20,29,31-32,35H,8-13,15-16H2,1-7H3,(H,26,28,30)/t19?,20-,23-,24-,25+/m1/s1. The van der Waals surface area contributed by atoms with Crippen LogP contribution in [0.1, 0.15) is 86.0 Å². The quantitative estimate of drug-likeness (QED) is 0.249. The molecule has 0 spiro atoms. The number of aliphatic hydroxyl groups excluding tert-OH is 1. The molecule has 202 valence electrons. The lowest BCUT2D eigenvalue weighted by atomic mass is 9.68. The number of nitrogens with one attached hydrogen (secondary N) is 1. The van der Waals surface area contributed by atoms with Crippen molar-refractivity contribution in [1.82, 2.24) is 9.55 Å². The van der Waals surface area contributed by atoms with E-state index in [0.717, 1.165) is 36.3 Å². The zero-order valence-corrected chi connectivity index (χ0v) is 23.6. The number of ether oxygens (including phenoxy) is 1. The highest BCUT2D eigenvalue weighted by Crippen LogP contribution is 2.56. The Hall–Kier alpha value is -1.30. The van der Waals surface area contributed by atoms with E-state index < -0.39 is 55.0 Å². The number of unbranched alkanes of at least 4 members (excludes halogenated alkanes) is 4. The Morgan fingerprint density at radius 1 is 1.11 bits per heavy atom. The highest BCUT2D eigenvalue weighted by atomic mass is 28.3. The van der Waals surface area contributed by atoms with Gasteiger partial charge in [-0.2, -0.15) is 0 Å². The largest absolute Gasteiger partial charge is 0.390 e. The molecule has 1 fully saturated rings. The maximum Gasteiger partial charge on any atom is 0.332 e. The summed E-state index contributed by atoms with van der Waals surface area (Å²) in [7, 11) is -2.04. The van der Waals surface area contributed by atoms with Crippen LogP contribution in [0.2, 0.25) is 13.1 Å². The summed E-state index contributed by atoms with van der Waals surface area (Å²) in [5.41, 5.74) is -6.10. The maximum atomic E-state index is 13.1. The van der Waals surface area contributed by atoms with Gasteiger partial charge in [0.25, 0.3) is 11.5 Å². The van der Waals surface area contributed by atoms with E-state index >= 15 is 0 Å². The Bertz CT molecular complexity index is 943. The van der Waals surface area contributed by atoms with Gasteiger partial charge in [-0.1, -0.05) is 73.1 Å². The number of hydrogen-bond donors (Lipinski definition) is 4. The van der Waals surface area contributed by atoms with Crippen molar-refractivity contribution < 1.29 is 24.5 Å². The number of rotatable bonds is 12. The summed E-state index contributed by atoms with van der Waals surface area (Å²) < 4.78 is 13.9. The summed E-state index contributed by atoms with van der Waals surface area (Å²) in [6.45, 7) is 13.3. The Balaban J connectivity index is 2.88. The van der Waals surface area contributed by atoms with Gasteiger partial charge in [0.15, 0.2) is 14.6 Å². The van der Waals surface area contributed by atoms with E-state index in [0.29, 0.717) is 12.8 Å². The highest BCUT2D eigenvalue weighted by Gasteiger charge is 2.76. The fourth-order valence-corrected chi connectivity index (χ4v) is 6.06. The minimum atomic E-state index is -2.11. The third-order valence-corrected chi connectivity index (χ3v) is 7.80. The monoisotopic (exact) mass is 514 g/mol. The van der Waals surface area contributed by atoms with Crippen LogP contribution in [0.15, 0.2) is 21.9 Å². The second kappa shape index (κ2) is 11.4. The topological polar surface area (TPSA) is 134 Å². The molecular formula is C25H46N2O7Si. The van der Waals surface area contributed by atoms with Gasteiger partial charge in [0.1, 0.15) is 11.7 Å². The zero-order valence-electron chi connectivity index (χ0n) is 22.5. The summed E-state index contributed by atoms with van der Waals surface area (Å²) in [6.07, 6.45) is 3.59. The lowest BCUT2D eigenvalue weighted by Crippen LogP contribution is -2.68. The number of aromatic amines is 1. The van der Waals surface area contributed by atoms with Crippen LogP contribution in [0.25, 0.3) is 0 Å². The molecule has 0 saturated carbocycles. The van der Waals surface area contributed by atoms with Crippen molar-refractivity contribution in [1.29, 1.82) is 0 Å². The van der Waals surface area contributed by atoms with Gasteiger partial charge in [0.2, 0.25) is 0 Å². The molecule has 35 heavy (non-hydrogen) atoms. The number of nitrogens with zero attached hydrogens (tertiary/aromatic N) is 1. The third kappa shape index (κ3) is 5.67. The molecule has 4 N–H and O–H groups in total.